The van der Waals surface area contributed by atoms with Crippen molar-refractivity contribution in [3.63, 3.8) is 0 Å². The molecule has 7 aromatic rings. The molecule has 0 aliphatic rings. The third kappa shape index (κ3) is 3.85. The largest absolute Gasteiger partial charge is 0.0984 e. The van der Waals surface area contributed by atoms with E-state index in [1.165, 1.54) is 65.7 Å². The second-order valence-corrected chi connectivity index (χ2v) is 10.2. The maximum Gasteiger partial charge on any atom is -0.00264 e. The molecule has 0 aliphatic heterocycles. The zero-order valence-corrected chi connectivity index (χ0v) is 22.3. The molecule has 0 nitrogen and oxygen atoms in total. The molecule has 7 rings (SSSR count). The van der Waals surface area contributed by atoms with E-state index in [0.717, 1.165) is 11.1 Å². The quantitative estimate of drug-likeness (QED) is 0.217. The standard InChI is InChI=1S/C40H28/c1-3-33-34(4-2)40(32-24-23-27-13-5-6-15-29(27)25-32)38-21-10-9-20-37(38)39(33)31-18-11-17-30(26-31)36-22-12-16-28-14-7-8-19-35(28)36/h3-26H,1-2H2. The van der Waals surface area contributed by atoms with Gasteiger partial charge in [-0.25, -0.2) is 0 Å². The van der Waals surface area contributed by atoms with E-state index in [1.807, 2.05) is 12.2 Å². The van der Waals surface area contributed by atoms with Gasteiger partial charge in [0.1, 0.15) is 0 Å². The topological polar surface area (TPSA) is 0 Å². The zero-order valence-electron chi connectivity index (χ0n) is 22.3. The normalized spacial score (nSPS) is 11.2. The molecule has 40 heavy (non-hydrogen) atoms. The van der Waals surface area contributed by atoms with E-state index >= 15 is 0 Å². The molecular formula is C40H28. The van der Waals surface area contributed by atoms with Gasteiger partial charge in [0, 0.05) is 0 Å². The highest BCUT2D eigenvalue weighted by Crippen LogP contribution is 2.44. The lowest BCUT2D eigenvalue weighted by Crippen LogP contribution is -1.96. The van der Waals surface area contributed by atoms with Gasteiger partial charge >= 0.3 is 0 Å². The van der Waals surface area contributed by atoms with E-state index in [-0.39, 0.29) is 0 Å². The molecule has 0 unspecified atom stereocenters. The van der Waals surface area contributed by atoms with Crippen LogP contribution in [-0.2, 0) is 0 Å². The van der Waals surface area contributed by atoms with Crippen LogP contribution in [0.3, 0.4) is 0 Å². The van der Waals surface area contributed by atoms with E-state index in [2.05, 4.69) is 147 Å². The fourth-order valence-electron chi connectivity index (χ4n) is 6.19. The summed E-state index contributed by atoms with van der Waals surface area (Å²) >= 11 is 0. The zero-order chi connectivity index (χ0) is 27.1. The number of fused-ring (bicyclic) bond motifs is 3. The molecule has 0 radical (unpaired) electrons. The van der Waals surface area contributed by atoms with Crippen molar-refractivity contribution in [2.75, 3.05) is 0 Å². The summed E-state index contributed by atoms with van der Waals surface area (Å²) in [4.78, 5) is 0. The highest BCUT2D eigenvalue weighted by molar-refractivity contribution is 6.12. The van der Waals surface area contributed by atoms with Crippen LogP contribution in [0.2, 0.25) is 0 Å². The van der Waals surface area contributed by atoms with Gasteiger partial charge in [-0.2, -0.15) is 0 Å². The molecular weight excluding hydrogens is 480 g/mol. The summed E-state index contributed by atoms with van der Waals surface area (Å²) in [6, 6.07) is 48.0. The first kappa shape index (κ1) is 23.9. The smallest absolute Gasteiger partial charge is 0.00264 e. The van der Waals surface area contributed by atoms with Crippen molar-refractivity contribution in [2.45, 2.75) is 0 Å². The van der Waals surface area contributed by atoms with Crippen molar-refractivity contribution in [2.24, 2.45) is 0 Å². The molecule has 0 aromatic heterocycles. The summed E-state index contributed by atoms with van der Waals surface area (Å²) in [6.07, 6.45) is 3.99. The third-order valence-electron chi connectivity index (χ3n) is 7.99. The Balaban J connectivity index is 1.51. The predicted molar refractivity (Wildman–Crippen MR) is 175 cm³/mol. The SMILES string of the molecule is C=Cc1c(C=C)c(-c2ccc3ccccc3c2)c2ccccc2c1-c1cccc(-c2cccc3ccccc23)c1. The average Bonchev–Trinajstić information content (AvgIpc) is 3.03. The highest BCUT2D eigenvalue weighted by Gasteiger charge is 2.19. The average molecular weight is 509 g/mol. The Morgan fingerprint density at radius 2 is 0.900 bits per heavy atom. The molecule has 188 valence electrons. The number of benzene rings is 7. The van der Waals surface area contributed by atoms with Gasteiger partial charge in [0.15, 0.2) is 0 Å². The van der Waals surface area contributed by atoms with Gasteiger partial charge in [0.05, 0.1) is 0 Å². The van der Waals surface area contributed by atoms with Crippen LogP contribution in [0.1, 0.15) is 11.1 Å². The van der Waals surface area contributed by atoms with Crippen LogP contribution in [0.4, 0.5) is 0 Å². The van der Waals surface area contributed by atoms with Crippen LogP contribution < -0.4 is 0 Å². The first-order chi connectivity index (χ1) is 19.8. The second kappa shape index (κ2) is 9.84. The lowest BCUT2D eigenvalue weighted by molar-refractivity contribution is 1.58. The Morgan fingerprint density at radius 1 is 0.375 bits per heavy atom. The van der Waals surface area contributed by atoms with E-state index in [0.29, 0.717) is 0 Å². The maximum atomic E-state index is 4.29. The van der Waals surface area contributed by atoms with Gasteiger partial charge in [0.25, 0.3) is 0 Å². The van der Waals surface area contributed by atoms with E-state index in [1.54, 1.807) is 0 Å². The summed E-state index contributed by atoms with van der Waals surface area (Å²) in [5, 5.41) is 7.39. The first-order valence-electron chi connectivity index (χ1n) is 13.7. The molecule has 0 saturated carbocycles. The summed E-state index contributed by atoms with van der Waals surface area (Å²) < 4.78 is 0. The van der Waals surface area contributed by atoms with Gasteiger partial charge in [-0.3, -0.25) is 0 Å². The fraction of sp³-hybridized carbons (Fsp3) is 0. The molecule has 0 atom stereocenters. The predicted octanol–water partition coefficient (Wildman–Crippen LogP) is 11.4. The Labute approximate surface area is 235 Å². The first-order valence-corrected chi connectivity index (χ1v) is 13.7. The lowest BCUT2D eigenvalue weighted by atomic mass is 9.82. The monoisotopic (exact) mass is 508 g/mol. The Hall–Kier alpha value is -5.20. The third-order valence-corrected chi connectivity index (χ3v) is 7.99. The number of hydrogen-bond donors (Lipinski definition) is 0. The van der Waals surface area contributed by atoms with Crippen molar-refractivity contribution in [3.8, 4) is 33.4 Å². The summed E-state index contributed by atoms with van der Waals surface area (Å²) in [6.45, 7) is 8.57. The van der Waals surface area contributed by atoms with E-state index in [4.69, 9.17) is 0 Å². The molecule has 0 spiro atoms. The lowest BCUT2D eigenvalue weighted by Gasteiger charge is -2.21. The molecule has 0 fully saturated rings. The minimum atomic E-state index is 1.10. The molecule has 0 bridgehead atoms. The second-order valence-electron chi connectivity index (χ2n) is 10.2. The van der Waals surface area contributed by atoms with E-state index in [9.17, 15) is 0 Å². The van der Waals surface area contributed by atoms with Gasteiger partial charge in [-0.05, 0) is 89.0 Å². The van der Waals surface area contributed by atoms with Crippen LogP contribution in [-0.4, -0.2) is 0 Å². The Kier molecular flexibility index (Phi) is 5.87. The molecule has 0 N–H and O–H groups in total. The van der Waals surface area contributed by atoms with Crippen LogP contribution in [0.5, 0.6) is 0 Å². The van der Waals surface area contributed by atoms with E-state index < -0.39 is 0 Å². The molecule has 7 aromatic carbocycles. The van der Waals surface area contributed by atoms with Gasteiger partial charge < -0.3 is 0 Å². The molecule has 0 amide bonds. The Morgan fingerprint density at radius 3 is 1.60 bits per heavy atom. The summed E-state index contributed by atoms with van der Waals surface area (Å²) in [5.41, 5.74) is 9.38. The van der Waals surface area contributed by atoms with Crippen molar-refractivity contribution >= 4 is 44.5 Å². The Bertz CT molecular complexity index is 2090. The van der Waals surface area contributed by atoms with Gasteiger partial charge in [-0.1, -0.05) is 147 Å². The minimum absolute atomic E-state index is 1.10. The van der Waals surface area contributed by atoms with Crippen LogP contribution in [0, 0.1) is 0 Å². The maximum absolute atomic E-state index is 4.29. The minimum Gasteiger partial charge on any atom is -0.0984 e. The van der Waals surface area contributed by atoms with Gasteiger partial charge in [0.2, 0.25) is 0 Å². The van der Waals surface area contributed by atoms with Crippen LogP contribution in [0.25, 0.3) is 77.9 Å². The number of hydrogen-bond acceptors (Lipinski definition) is 0. The highest BCUT2D eigenvalue weighted by atomic mass is 14.2. The van der Waals surface area contributed by atoms with Crippen molar-refractivity contribution < 1.29 is 0 Å². The summed E-state index contributed by atoms with van der Waals surface area (Å²) in [7, 11) is 0. The molecule has 0 heterocycles. The van der Waals surface area contributed by atoms with Crippen LogP contribution in [0.15, 0.2) is 147 Å². The molecule has 0 heteroatoms. The fourth-order valence-corrected chi connectivity index (χ4v) is 6.19. The van der Waals surface area contributed by atoms with Crippen LogP contribution >= 0.6 is 0 Å². The van der Waals surface area contributed by atoms with Crippen molar-refractivity contribution in [1.82, 2.24) is 0 Å². The van der Waals surface area contributed by atoms with Gasteiger partial charge in [-0.15, -0.1) is 0 Å². The molecule has 0 saturated heterocycles. The molecule has 0 aliphatic carbocycles. The summed E-state index contributed by atoms with van der Waals surface area (Å²) in [5.74, 6) is 0. The van der Waals surface area contributed by atoms with Crippen molar-refractivity contribution in [1.29, 1.82) is 0 Å². The number of rotatable bonds is 5. The van der Waals surface area contributed by atoms with Crippen molar-refractivity contribution in [3.05, 3.63) is 158 Å².